The van der Waals surface area contributed by atoms with E-state index in [1.807, 2.05) is 18.2 Å². The predicted molar refractivity (Wildman–Crippen MR) is 151 cm³/mol. The van der Waals surface area contributed by atoms with Crippen LogP contribution in [0, 0.1) is 12.8 Å². The van der Waals surface area contributed by atoms with Crippen molar-refractivity contribution >= 4 is 28.9 Å². The maximum atomic E-state index is 12.5. The normalized spacial score (nSPS) is 14.3. The topological polar surface area (TPSA) is 82.2 Å². The number of benzene rings is 2. The Balaban J connectivity index is 1.25. The molecule has 2 heterocycles. The fraction of sp³-hybridized carbons (Fsp3) is 0.433. The van der Waals surface area contributed by atoms with Gasteiger partial charge in [0.2, 0.25) is 5.91 Å². The Morgan fingerprint density at radius 1 is 0.919 bits per heavy atom. The molecule has 3 aromatic rings. The molecule has 0 radical (unpaired) electrons. The Morgan fingerprint density at radius 3 is 2.38 bits per heavy atom. The molecule has 1 saturated heterocycles. The van der Waals surface area contributed by atoms with Crippen molar-refractivity contribution in [2.24, 2.45) is 5.92 Å². The third-order valence-corrected chi connectivity index (χ3v) is 6.88. The number of aromatic nitrogens is 2. The van der Waals surface area contributed by atoms with Gasteiger partial charge in [-0.25, -0.2) is 9.97 Å². The van der Waals surface area contributed by atoms with Crippen molar-refractivity contribution in [2.75, 3.05) is 30.3 Å². The molecule has 0 atom stereocenters. The van der Waals surface area contributed by atoms with Crippen molar-refractivity contribution in [3.8, 4) is 0 Å². The van der Waals surface area contributed by atoms with Gasteiger partial charge in [-0.15, -0.1) is 0 Å². The van der Waals surface area contributed by atoms with Crippen LogP contribution >= 0.6 is 0 Å². The first-order valence-electron chi connectivity index (χ1n) is 13.6. The van der Waals surface area contributed by atoms with Crippen LogP contribution < -0.4 is 16.0 Å². The van der Waals surface area contributed by atoms with Gasteiger partial charge in [-0.1, -0.05) is 56.0 Å². The third kappa shape index (κ3) is 8.57. The van der Waals surface area contributed by atoms with E-state index in [2.05, 4.69) is 81.1 Å². The van der Waals surface area contributed by atoms with E-state index in [-0.39, 0.29) is 11.8 Å². The molecule has 1 aliphatic heterocycles. The van der Waals surface area contributed by atoms with Crippen LogP contribution in [0.1, 0.15) is 56.6 Å². The van der Waals surface area contributed by atoms with Crippen LogP contribution in [0.25, 0.3) is 0 Å². The number of nitrogens with one attached hydrogen (secondary N) is 3. The fourth-order valence-electron chi connectivity index (χ4n) is 4.69. The molecule has 0 spiro atoms. The molecule has 7 heteroatoms. The number of amides is 1. The lowest BCUT2D eigenvalue weighted by Crippen LogP contribution is -2.40. The van der Waals surface area contributed by atoms with Crippen molar-refractivity contribution in [1.29, 1.82) is 0 Å². The van der Waals surface area contributed by atoms with Crippen molar-refractivity contribution in [2.45, 2.75) is 58.9 Å². The molecule has 1 fully saturated rings. The summed E-state index contributed by atoms with van der Waals surface area (Å²) < 4.78 is 0. The highest BCUT2D eigenvalue weighted by molar-refractivity contribution is 5.78. The minimum Gasteiger partial charge on any atom is -0.356 e. The molecule has 4 rings (SSSR count). The van der Waals surface area contributed by atoms with Crippen molar-refractivity contribution in [3.63, 3.8) is 0 Å². The number of piperidine rings is 1. The van der Waals surface area contributed by atoms with Crippen molar-refractivity contribution < 1.29 is 4.79 Å². The summed E-state index contributed by atoms with van der Waals surface area (Å²) in [6.07, 6.45) is 8.17. The van der Waals surface area contributed by atoms with E-state index in [1.165, 1.54) is 30.4 Å². The SMILES string of the molecule is CCCCCCNC(=O)C1CCN(Cc2cccc(Nc3cc(Nc4ccc(C)cc4)ncn3)c2)CC1. The summed E-state index contributed by atoms with van der Waals surface area (Å²) in [4.78, 5) is 23.7. The van der Waals surface area contributed by atoms with E-state index >= 15 is 0 Å². The Morgan fingerprint density at radius 2 is 1.65 bits per heavy atom. The minimum absolute atomic E-state index is 0.149. The summed E-state index contributed by atoms with van der Waals surface area (Å²) in [5.41, 5.74) is 4.45. The van der Waals surface area contributed by atoms with Crippen molar-refractivity contribution in [1.82, 2.24) is 20.2 Å². The zero-order chi connectivity index (χ0) is 25.9. The quantitative estimate of drug-likeness (QED) is 0.258. The molecular formula is C30H40N6O. The summed E-state index contributed by atoms with van der Waals surface area (Å²) in [6, 6.07) is 18.6. The number of carbonyl (C=O) groups is 1. The molecule has 2 aromatic carbocycles. The molecule has 0 saturated carbocycles. The standard InChI is InChI=1S/C30H40N6O/c1-3-4-5-6-16-31-30(37)25-14-17-36(18-15-25)21-24-8-7-9-27(19-24)35-29-20-28(32-22-33-29)34-26-12-10-23(2)11-13-26/h7-13,19-20,22,25H,3-6,14-18,21H2,1-2H3,(H,31,37)(H2,32,33,34,35). The molecular weight excluding hydrogens is 460 g/mol. The van der Waals surface area contributed by atoms with Crippen LogP contribution in [-0.4, -0.2) is 40.4 Å². The molecule has 1 amide bonds. The van der Waals surface area contributed by atoms with E-state index in [0.717, 1.165) is 68.5 Å². The number of unbranched alkanes of at least 4 members (excludes halogenated alkanes) is 3. The van der Waals surface area contributed by atoms with Gasteiger partial charge in [-0.2, -0.15) is 0 Å². The van der Waals surface area contributed by atoms with Crippen LogP contribution in [0.3, 0.4) is 0 Å². The van der Waals surface area contributed by atoms with Gasteiger partial charge in [-0.3, -0.25) is 9.69 Å². The first-order valence-corrected chi connectivity index (χ1v) is 13.6. The van der Waals surface area contributed by atoms with E-state index < -0.39 is 0 Å². The predicted octanol–water partition coefficient (Wildman–Crippen LogP) is 6.18. The zero-order valence-corrected chi connectivity index (χ0v) is 22.2. The summed E-state index contributed by atoms with van der Waals surface area (Å²) in [6.45, 7) is 7.87. The lowest BCUT2D eigenvalue weighted by atomic mass is 9.95. The molecule has 0 bridgehead atoms. The number of anilines is 4. The van der Waals surface area contributed by atoms with Crippen LogP contribution in [0.4, 0.5) is 23.0 Å². The monoisotopic (exact) mass is 500 g/mol. The maximum Gasteiger partial charge on any atom is 0.223 e. The number of likely N-dealkylation sites (tertiary alicyclic amines) is 1. The van der Waals surface area contributed by atoms with E-state index in [4.69, 9.17) is 0 Å². The molecule has 196 valence electrons. The first kappa shape index (κ1) is 26.6. The summed E-state index contributed by atoms with van der Waals surface area (Å²) in [5, 5.41) is 9.88. The second kappa shape index (κ2) is 13.7. The van der Waals surface area contributed by atoms with Crippen LogP contribution in [0.15, 0.2) is 60.9 Å². The summed E-state index contributed by atoms with van der Waals surface area (Å²) in [7, 11) is 0. The van der Waals surface area contributed by atoms with Crippen molar-refractivity contribution in [3.05, 3.63) is 72.1 Å². The van der Waals surface area contributed by atoms with Gasteiger partial charge < -0.3 is 16.0 Å². The molecule has 37 heavy (non-hydrogen) atoms. The number of rotatable bonds is 12. The second-order valence-corrected chi connectivity index (χ2v) is 10.0. The number of nitrogens with zero attached hydrogens (tertiary/aromatic N) is 3. The van der Waals surface area contributed by atoms with E-state index in [9.17, 15) is 4.79 Å². The Kier molecular flexibility index (Phi) is 9.89. The van der Waals surface area contributed by atoms with Crippen LogP contribution in [0.2, 0.25) is 0 Å². The average Bonchev–Trinajstić information content (AvgIpc) is 2.91. The number of carbonyl (C=O) groups excluding carboxylic acids is 1. The zero-order valence-electron chi connectivity index (χ0n) is 22.2. The lowest BCUT2D eigenvalue weighted by Gasteiger charge is -2.31. The number of hydrogen-bond donors (Lipinski definition) is 3. The van der Waals surface area contributed by atoms with Gasteiger partial charge in [0.25, 0.3) is 0 Å². The first-order chi connectivity index (χ1) is 18.1. The van der Waals surface area contributed by atoms with Gasteiger partial charge in [0.15, 0.2) is 0 Å². The summed E-state index contributed by atoms with van der Waals surface area (Å²) >= 11 is 0. The summed E-state index contributed by atoms with van der Waals surface area (Å²) in [5.74, 6) is 1.87. The number of hydrogen-bond acceptors (Lipinski definition) is 6. The van der Waals surface area contributed by atoms with Gasteiger partial charge >= 0.3 is 0 Å². The van der Waals surface area contributed by atoms with Gasteiger partial charge in [0, 0.05) is 36.4 Å². The van der Waals surface area contributed by atoms with Crippen LogP contribution in [-0.2, 0) is 11.3 Å². The molecule has 1 aromatic heterocycles. The molecule has 0 unspecified atom stereocenters. The van der Waals surface area contributed by atoms with Gasteiger partial charge in [-0.05, 0) is 69.1 Å². The molecule has 0 aliphatic carbocycles. The molecule has 1 aliphatic rings. The Labute approximate surface area is 221 Å². The maximum absolute atomic E-state index is 12.5. The van der Waals surface area contributed by atoms with E-state index in [1.54, 1.807) is 6.33 Å². The largest absolute Gasteiger partial charge is 0.356 e. The highest BCUT2D eigenvalue weighted by atomic mass is 16.1. The second-order valence-electron chi connectivity index (χ2n) is 10.0. The smallest absolute Gasteiger partial charge is 0.223 e. The van der Waals surface area contributed by atoms with E-state index in [0.29, 0.717) is 0 Å². The molecule has 3 N–H and O–H groups in total. The lowest BCUT2D eigenvalue weighted by molar-refractivity contribution is -0.126. The highest BCUT2D eigenvalue weighted by Crippen LogP contribution is 2.23. The third-order valence-electron chi connectivity index (χ3n) is 6.88. The van der Waals surface area contributed by atoms with Gasteiger partial charge in [0.1, 0.15) is 18.0 Å². The number of aryl methyl sites for hydroxylation is 1. The van der Waals surface area contributed by atoms with Crippen LogP contribution in [0.5, 0.6) is 0 Å². The fourth-order valence-corrected chi connectivity index (χ4v) is 4.69. The average molecular weight is 501 g/mol. The Bertz CT molecular complexity index is 1120. The van der Waals surface area contributed by atoms with Gasteiger partial charge in [0.05, 0.1) is 0 Å². The minimum atomic E-state index is 0.149. The Hall–Kier alpha value is -3.45. The molecule has 7 nitrogen and oxygen atoms in total. The highest BCUT2D eigenvalue weighted by Gasteiger charge is 2.24.